The van der Waals surface area contributed by atoms with Crippen LogP contribution in [-0.4, -0.2) is 104 Å². The number of nitrogens with one attached hydrogen (secondary N) is 1. The molecule has 1 saturated heterocycles. The smallest absolute Gasteiger partial charge is 0.335 e. The van der Waals surface area contributed by atoms with Gasteiger partial charge in [-0.2, -0.15) is 0 Å². The monoisotopic (exact) mass is 437 g/mol. The molecule has 1 aliphatic carbocycles. The Kier molecular flexibility index (Phi) is 8.15. The van der Waals surface area contributed by atoms with E-state index >= 15 is 0 Å². The number of carboxylic acids is 1. The summed E-state index contributed by atoms with van der Waals surface area (Å²) >= 11 is 0. The minimum Gasteiger partial charge on any atom is -0.479 e. The molecule has 2 fully saturated rings. The van der Waals surface area contributed by atoms with Crippen LogP contribution in [0.2, 0.25) is 0 Å². The lowest BCUT2D eigenvalue weighted by atomic mass is 9.93. The van der Waals surface area contributed by atoms with E-state index in [0.29, 0.717) is 0 Å². The number of ether oxygens (including phenoxy) is 3. The van der Waals surface area contributed by atoms with Gasteiger partial charge in [0, 0.05) is 6.92 Å². The number of carbonyl (C=O) groups is 2. The lowest BCUT2D eigenvalue weighted by Crippen LogP contribution is -2.61. The summed E-state index contributed by atoms with van der Waals surface area (Å²) in [7, 11) is 0. The zero-order chi connectivity index (χ0) is 22.8. The average molecular weight is 437 g/mol. The van der Waals surface area contributed by atoms with Gasteiger partial charge in [-0.3, -0.25) is 4.79 Å². The molecular weight excluding hydrogens is 406 g/mol. The Morgan fingerprint density at radius 3 is 2.23 bits per heavy atom. The Morgan fingerprint density at radius 2 is 1.77 bits per heavy atom. The number of hydrogen-bond acceptors (Lipinski definition) is 10. The van der Waals surface area contributed by atoms with Crippen molar-refractivity contribution in [1.82, 2.24) is 5.32 Å². The van der Waals surface area contributed by atoms with E-state index in [0.717, 1.165) is 12.8 Å². The van der Waals surface area contributed by atoms with Crippen LogP contribution in [0.5, 0.6) is 0 Å². The number of carboxylic acid groups (broad SMARTS) is 1. The molecule has 1 aliphatic heterocycles. The fourth-order valence-electron chi connectivity index (χ4n) is 3.55. The summed E-state index contributed by atoms with van der Waals surface area (Å²) in [5, 5.41) is 61.4. The molecule has 0 bridgehead atoms. The third-order valence-electron chi connectivity index (χ3n) is 5.24. The van der Waals surface area contributed by atoms with Crippen LogP contribution in [0.25, 0.3) is 0 Å². The number of rotatable bonds is 10. The topological polar surface area (TPSA) is 195 Å². The van der Waals surface area contributed by atoms with Crippen LogP contribution in [-0.2, 0) is 23.8 Å². The molecule has 8 atom stereocenters. The minimum absolute atomic E-state index is 0.178. The van der Waals surface area contributed by atoms with Crippen LogP contribution >= 0.6 is 0 Å². The van der Waals surface area contributed by atoms with E-state index in [2.05, 4.69) is 5.32 Å². The SMILES string of the molecule is CC(=O)NC(C1CC1)C(C)(C)OC(CO)C(O)OC1OC(C(=O)O)C(O)C(O)C1O. The number of aliphatic carboxylic acids is 1. The Balaban J connectivity index is 2.06. The van der Waals surface area contributed by atoms with Crippen molar-refractivity contribution in [3.05, 3.63) is 0 Å². The van der Waals surface area contributed by atoms with E-state index < -0.39 is 61.3 Å². The van der Waals surface area contributed by atoms with Gasteiger partial charge < -0.3 is 50.2 Å². The predicted molar refractivity (Wildman–Crippen MR) is 97.8 cm³/mol. The first-order valence-corrected chi connectivity index (χ1v) is 9.70. The highest BCUT2D eigenvalue weighted by Gasteiger charge is 2.49. The lowest BCUT2D eigenvalue weighted by Gasteiger charge is -2.41. The standard InChI is InChI=1S/C18H31NO11/c1-7(21)19-14(8-4-5-8)18(2,3)30-9(6-20)16(27)29-17-12(24)10(22)11(23)13(28-17)15(25)26/h8-14,16-17,20,22-24,27H,4-6H2,1-3H3,(H,19,21)(H,25,26). The van der Waals surface area contributed by atoms with Gasteiger partial charge in [-0.1, -0.05) is 0 Å². The van der Waals surface area contributed by atoms with Gasteiger partial charge in [-0.25, -0.2) is 4.79 Å². The molecule has 7 N–H and O–H groups in total. The number of aliphatic hydroxyl groups excluding tert-OH is 5. The highest BCUT2D eigenvalue weighted by molar-refractivity contribution is 5.73. The summed E-state index contributed by atoms with van der Waals surface area (Å²) < 4.78 is 15.9. The fourth-order valence-corrected chi connectivity index (χ4v) is 3.55. The maximum Gasteiger partial charge on any atom is 0.335 e. The number of carbonyl (C=O) groups excluding carboxylic acids is 1. The van der Waals surface area contributed by atoms with Crippen molar-refractivity contribution >= 4 is 11.9 Å². The van der Waals surface area contributed by atoms with E-state index in [1.165, 1.54) is 6.92 Å². The first-order chi connectivity index (χ1) is 13.9. The lowest BCUT2D eigenvalue weighted by molar-refractivity contribution is -0.343. The average Bonchev–Trinajstić information content (AvgIpc) is 3.48. The van der Waals surface area contributed by atoms with E-state index in [4.69, 9.17) is 19.3 Å². The van der Waals surface area contributed by atoms with Crippen molar-refractivity contribution in [2.75, 3.05) is 6.61 Å². The summed E-state index contributed by atoms with van der Waals surface area (Å²) in [5.41, 5.74) is -1.02. The Morgan fingerprint density at radius 1 is 1.17 bits per heavy atom. The number of amides is 1. The molecule has 1 amide bonds. The third kappa shape index (κ3) is 5.86. The molecule has 0 aromatic rings. The third-order valence-corrected chi connectivity index (χ3v) is 5.24. The van der Waals surface area contributed by atoms with Crippen LogP contribution < -0.4 is 5.32 Å². The fraction of sp³-hybridized carbons (Fsp3) is 0.889. The van der Waals surface area contributed by atoms with E-state index in [1.54, 1.807) is 13.8 Å². The van der Waals surface area contributed by atoms with Crippen LogP contribution in [0.1, 0.15) is 33.6 Å². The first-order valence-electron chi connectivity index (χ1n) is 9.70. The molecule has 174 valence electrons. The molecule has 12 nitrogen and oxygen atoms in total. The van der Waals surface area contributed by atoms with Crippen LogP contribution in [0.15, 0.2) is 0 Å². The molecule has 1 saturated carbocycles. The van der Waals surface area contributed by atoms with Gasteiger partial charge in [0.15, 0.2) is 18.7 Å². The molecule has 0 aromatic carbocycles. The quantitative estimate of drug-likeness (QED) is 0.175. The molecule has 8 unspecified atom stereocenters. The second-order valence-corrected chi connectivity index (χ2v) is 8.22. The summed E-state index contributed by atoms with van der Waals surface area (Å²) in [6, 6.07) is -0.388. The summed E-state index contributed by atoms with van der Waals surface area (Å²) in [5.74, 6) is -1.68. The highest BCUT2D eigenvalue weighted by atomic mass is 16.8. The van der Waals surface area contributed by atoms with Gasteiger partial charge >= 0.3 is 5.97 Å². The molecular formula is C18H31NO11. The van der Waals surface area contributed by atoms with E-state index in [1.807, 2.05) is 0 Å². The summed E-state index contributed by atoms with van der Waals surface area (Å²) in [6.07, 6.45) is -10.8. The normalized spacial score (nSPS) is 32.9. The molecule has 12 heteroatoms. The van der Waals surface area contributed by atoms with Crippen LogP contribution in [0, 0.1) is 5.92 Å². The maximum absolute atomic E-state index is 11.5. The molecule has 30 heavy (non-hydrogen) atoms. The Bertz CT molecular complexity index is 611. The zero-order valence-electron chi connectivity index (χ0n) is 17.0. The molecule has 1 heterocycles. The van der Waals surface area contributed by atoms with Gasteiger partial charge in [0.2, 0.25) is 5.91 Å². The summed E-state index contributed by atoms with van der Waals surface area (Å²) in [4.78, 5) is 22.7. The Labute approximate surface area is 173 Å². The van der Waals surface area contributed by atoms with Gasteiger partial charge in [0.1, 0.15) is 24.4 Å². The Hall–Kier alpha value is -1.38. The number of hydrogen-bond donors (Lipinski definition) is 7. The van der Waals surface area contributed by atoms with Gasteiger partial charge in [0.25, 0.3) is 0 Å². The largest absolute Gasteiger partial charge is 0.479 e. The number of aliphatic hydroxyl groups is 5. The second-order valence-electron chi connectivity index (χ2n) is 8.22. The molecule has 0 spiro atoms. The van der Waals surface area contributed by atoms with Crippen LogP contribution in [0.4, 0.5) is 0 Å². The van der Waals surface area contributed by atoms with Crippen molar-refractivity contribution in [1.29, 1.82) is 0 Å². The van der Waals surface area contributed by atoms with E-state index in [9.17, 15) is 35.1 Å². The van der Waals surface area contributed by atoms with Crippen molar-refractivity contribution < 1.29 is 54.4 Å². The molecule has 2 rings (SSSR count). The van der Waals surface area contributed by atoms with Gasteiger partial charge in [0.05, 0.1) is 18.2 Å². The van der Waals surface area contributed by atoms with E-state index in [-0.39, 0.29) is 17.9 Å². The minimum atomic E-state index is -1.91. The molecule has 0 radical (unpaired) electrons. The predicted octanol–water partition coefficient (Wildman–Crippen LogP) is -2.72. The second kappa shape index (κ2) is 9.83. The summed E-state index contributed by atoms with van der Waals surface area (Å²) in [6.45, 7) is 4.01. The zero-order valence-corrected chi connectivity index (χ0v) is 17.0. The van der Waals surface area contributed by atoms with Crippen molar-refractivity contribution in [2.24, 2.45) is 5.92 Å². The van der Waals surface area contributed by atoms with Crippen molar-refractivity contribution in [3.8, 4) is 0 Å². The first kappa shape index (κ1) is 24.9. The maximum atomic E-state index is 11.5. The van der Waals surface area contributed by atoms with Crippen molar-refractivity contribution in [3.63, 3.8) is 0 Å². The van der Waals surface area contributed by atoms with Gasteiger partial charge in [-0.05, 0) is 32.6 Å². The van der Waals surface area contributed by atoms with Crippen LogP contribution in [0.3, 0.4) is 0 Å². The molecule has 2 aliphatic rings. The van der Waals surface area contributed by atoms with Gasteiger partial charge in [-0.15, -0.1) is 0 Å². The molecule has 0 aromatic heterocycles. The highest BCUT2D eigenvalue weighted by Crippen LogP contribution is 2.39. The van der Waals surface area contributed by atoms with Crippen molar-refractivity contribution in [2.45, 2.75) is 88.4 Å².